The second kappa shape index (κ2) is 15.6. The molecule has 0 spiro atoms. The molecular weight excluding hydrogens is 396 g/mol. The molecule has 0 heterocycles. The van der Waals surface area contributed by atoms with Crippen molar-refractivity contribution in [1.29, 1.82) is 0 Å². The third kappa shape index (κ3) is 9.63. The highest BCUT2D eigenvalue weighted by Crippen LogP contribution is 2.20. The van der Waals surface area contributed by atoms with Crippen molar-refractivity contribution in [3.63, 3.8) is 0 Å². The van der Waals surface area contributed by atoms with Crippen molar-refractivity contribution >= 4 is 29.1 Å². The molecule has 0 unspecified atom stereocenters. The zero-order valence-electron chi connectivity index (χ0n) is 19.7. The number of benzene rings is 3. The van der Waals surface area contributed by atoms with E-state index in [2.05, 4.69) is 107 Å². The average molecular weight is 437 g/mol. The molecule has 2 nitrogen and oxygen atoms in total. The highest BCUT2D eigenvalue weighted by atomic mass is 32.1. The Morgan fingerprint density at radius 3 is 2.06 bits per heavy atom. The van der Waals surface area contributed by atoms with Crippen LogP contribution >= 0.6 is 12.6 Å². The molecule has 3 aromatic carbocycles. The first kappa shape index (κ1) is 26.8. The standard InChI is InChI=1S/C13H14.C12H18N2S.C3H8/c1-2-6-11-8-5-9-12-7-3-4-10-13(11)12;1-3-4-10-5-6-12(14-9(2)15)7-11(10)8-13;1-3-2/h3-5,7-10H,2,6H2,1H3;5-7,14-15H,2-4,8,13H2,1H3;3H2,1-2H3. The second-order valence-electron chi connectivity index (χ2n) is 7.60. The number of aryl methyl sites for hydroxylation is 2. The summed E-state index contributed by atoms with van der Waals surface area (Å²) >= 11 is 4.10. The number of nitrogens with two attached hydrogens (primary N) is 1. The predicted molar refractivity (Wildman–Crippen MR) is 144 cm³/mol. The quantitative estimate of drug-likeness (QED) is 0.327. The molecule has 3 N–H and O–H groups in total. The van der Waals surface area contributed by atoms with Crippen LogP contribution in [-0.2, 0) is 19.4 Å². The van der Waals surface area contributed by atoms with Crippen LogP contribution in [0.3, 0.4) is 0 Å². The molecule has 0 amide bonds. The van der Waals surface area contributed by atoms with Gasteiger partial charge in [0.2, 0.25) is 0 Å². The van der Waals surface area contributed by atoms with Gasteiger partial charge in [-0.05, 0) is 52.4 Å². The molecule has 0 aliphatic heterocycles. The van der Waals surface area contributed by atoms with Crippen molar-refractivity contribution in [3.05, 3.63) is 89.0 Å². The van der Waals surface area contributed by atoms with Gasteiger partial charge in [0.25, 0.3) is 0 Å². The molecule has 0 aliphatic carbocycles. The fourth-order valence-corrected chi connectivity index (χ4v) is 3.48. The average Bonchev–Trinajstić information content (AvgIpc) is 2.76. The maximum atomic E-state index is 5.71. The van der Waals surface area contributed by atoms with Crippen molar-refractivity contribution in [3.8, 4) is 0 Å². The molecule has 0 aliphatic rings. The first-order valence-corrected chi connectivity index (χ1v) is 11.9. The Morgan fingerprint density at radius 1 is 0.839 bits per heavy atom. The van der Waals surface area contributed by atoms with Gasteiger partial charge in [0.05, 0.1) is 5.03 Å². The SMILES string of the molecule is C=C(S)Nc1ccc(CCC)c(CN)c1.CCC.CCCc1cccc2ccccc12. The lowest BCUT2D eigenvalue weighted by Gasteiger charge is -2.10. The van der Waals surface area contributed by atoms with Gasteiger partial charge >= 0.3 is 0 Å². The van der Waals surface area contributed by atoms with E-state index in [1.54, 1.807) is 0 Å². The van der Waals surface area contributed by atoms with Crippen LogP contribution in [0.25, 0.3) is 10.8 Å². The number of rotatable bonds is 7. The second-order valence-corrected chi connectivity index (χ2v) is 8.14. The number of nitrogens with one attached hydrogen (secondary N) is 1. The summed E-state index contributed by atoms with van der Waals surface area (Å²) in [6.07, 6.45) is 5.86. The minimum absolute atomic E-state index is 0.573. The van der Waals surface area contributed by atoms with Crippen molar-refractivity contribution < 1.29 is 0 Å². The maximum absolute atomic E-state index is 5.71. The topological polar surface area (TPSA) is 38.0 Å². The van der Waals surface area contributed by atoms with Crippen molar-refractivity contribution in [2.45, 2.75) is 66.3 Å². The molecule has 0 saturated carbocycles. The van der Waals surface area contributed by atoms with Gasteiger partial charge in [-0.15, -0.1) is 12.6 Å². The number of thiol groups is 1. The maximum Gasteiger partial charge on any atom is 0.0621 e. The fourth-order valence-electron chi connectivity index (χ4n) is 3.35. The van der Waals surface area contributed by atoms with Crippen molar-refractivity contribution in [1.82, 2.24) is 0 Å². The van der Waals surface area contributed by atoms with Crippen LogP contribution in [0.2, 0.25) is 0 Å². The van der Waals surface area contributed by atoms with Crippen LogP contribution in [0, 0.1) is 0 Å². The Hall–Kier alpha value is -2.23. The summed E-state index contributed by atoms with van der Waals surface area (Å²) in [5, 5.41) is 6.47. The number of anilines is 1. The Labute approximate surface area is 195 Å². The lowest BCUT2D eigenvalue weighted by atomic mass is 10.0. The Bertz CT molecular complexity index is 913. The van der Waals surface area contributed by atoms with Crippen LogP contribution in [0.4, 0.5) is 5.69 Å². The molecule has 31 heavy (non-hydrogen) atoms. The van der Waals surface area contributed by atoms with E-state index in [1.807, 2.05) is 6.07 Å². The molecular formula is C28H40N2S. The van der Waals surface area contributed by atoms with Gasteiger partial charge < -0.3 is 11.1 Å². The summed E-state index contributed by atoms with van der Waals surface area (Å²) in [7, 11) is 0. The van der Waals surface area contributed by atoms with Gasteiger partial charge in [-0.1, -0.05) is 102 Å². The summed E-state index contributed by atoms with van der Waals surface area (Å²) in [6.45, 7) is 12.9. The Kier molecular flexibility index (Phi) is 13.4. The molecule has 3 rings (SSSR count). The zero-order chi connectivity index (χ0) is 23.1. The highest BCUT2D eigenvalue weighted by Gasteiger charge is 2.02. The van der Waals surface area contributed by atoms with Crippen molar-refractivity contribution in [2.75, 3.05) is 5.32 Å². The third-order valence-corrected chi connectivity index (χ3v) is 4.75. The number of fused-ring (bicyclic) bond motifs is 1. The minimum Gasteiger partial charge on any atom is -0.351 e. The van der Waals surface area contributed by atoms with Crippen LogP contribution in [0.5, 0.6) is 0 Å². The normalized spacial score (nSPS) is 9.87. The van der Waals surface area contributed by atoms with E-state index in [0.29, 0.717) is 11.6 Å². The van der Waals surface area contributed by atoms with Gasteiger partial charge in [0.15, 0.2) is 0 Å². The molecule has 168 valence electrons. The molecule has 0 bridgehead atoms. The molecule has 0 aromatic heterocycles. The van der Waals surface area contributed by atoms with Crippen molar-refractivity contribution in [2.24, 2.45) is 5.73 Å². The summed E-state index contributed by atoms with van der Waals surface area (Å²) in [5.41, 5.74) is 10.7. The number of hydrogen-bond donors (Lipinski definition) is 3. The largest absolute Gasteiger partial charge is 0.351 e. The van der Waals surface area contributed by atoms with Gasteiger partial charge in [0.1, 0.15) is 0 Å². The van der Waals surface area contributed by atoms with E-state index in [1.165, 1.54) is 46.7 Å². The zero-order valence-corrected chi connectivity index (χ0v) is 20.6. The van der Waals surface area contributed by atoms with E-state index < -0.39 is 0 Å². The molecule has 0 atom stereocenters. The van der Waals surface area contributed by atoms with Gasteiger partial charge in [0, 0.05) is 12.2 Å². The molecule has 0 radical (unpaired) electrons. The third-order valence-electron chi connectivity index (χ3n) is 4.63. The summed E-state index contributed by atoms with van der Waals surface area (Å²) < 4.78 is 0. The number of hydrogen-bond acceptors (Lipinski definition) is 3. The molecule has 0 saturated heterocycles. The first-order chi connectivity index (χ1) is 15.0. The molecule has 3 heteroatoms. The van der Waals surface area contributed by atoms with Crippen LogP contribution in [0.15, 0.2) is 72.3 Å². The van der Waals surface area contributed by atoms with Crippen LogP contribution in [0.1, 0.15) is 63.6 Å². The Morgan fingerprint density at radius 2 is 1.45 bits per heavy atom. The predicted octanol–water partition coefficient (Wildman–Crippen LogP) is 8.12. The Balaban J connectivity index is 0.000000277. The van der Waals surface area contributed by atoms with E-state index in [-0.39, 0.29) is 0 Å². The first-order valence-electron chi connectivity index (χ1n) is 11.4. The van der Waals surface area contributed by atoms with Crippen LogP contribution in [-0.4, -0.2) is 0 Å². The van der Waals surface area contributed by atoms with Gasteiger partial charge in [-0.2, -0.15) is 0 Å². The van der Waals surface area contributed by atoms with E-state index in [0.717, 1.165) is 18.5 Å². The fraction of sp³-hybridized carbons (Fsp3) is 0.357. The lowest BCUT2D eigenvalue weighted by Crippen LogP contribution is -2.03. The van der Waals surface area contributed by atoms with Gasteiger partial charge in [-0.3, -0.25) is 0 Å². The lowest BCUT2D eigenvalue weighted by molar-refractivity contribution is 0.893. The summed E-state index contributed by atoms with van der Waals surface area (Å²) in [6, 6.07) is 21.4. The minimum atomic E-state index is 0.573. The van der Waals surface area contributed by atoms with Gasteiger partial charge in [-0.25, -0.2) is 0 Å². The van der Waals surface area contributed by atoms with Crippen LogP contribution < -0.4 is 11.1 Å². The van der Waals surface area contributed by atoms with E-state index in [4.69, 9.17) is 5.73 Å². The monoisotopic (exact) mass is 436 g/mol. The molecule has 3 aromatic rings. The summed E-state index contributed by atoms with van der Waals surface area (Å²) in [5.74, 6) is 0. The smallest absolute Gasteiger partial charge is 0.0621 e. The van der Waals surface area contributed by atoms with E-state index in [9.17, 15) is 0 Å². The van der Waals surface area contributed by atoms with E-state index >= 15 is 0 Å². The molecule has 0 fully saturated rings. The highest BCUT2D eigenvalue weighted by molar-refractivity contribution is 7.84. The summed E-state index contributed by atoms with van der Waals surface area (Å²) in [4.78, 5) is 0.